The number of hydrogen-bond donors (Lipinski definition) is 0. The summed E-state index contributed by atoms with van der Waals surface area (Å²) in [5.74, 6) is -0.731. The van der Waals surface area contributed by atoms with Crippen LogP contribution in [0.4, 0.5) is 4.39 Å². The Hall–Kier alpha value is -0.900. The van der Waals surface area contributed by atoms with Crippen LogP contribution in [0.2, 0.25) is 10.0 Å². The summed E-state index contributed by atoms with van der Waals surface area (Å²) in [5.41, 5.74) is 0.622. The molecule has 0 amide bonds. The second-order valence-electron chi connectivity index (χ2n) is 3.55. The molecule has 92 valence electrons. The highest BCUT2D eigenvalue weighted by atomic mass is 79.9. The first kappa shape index (κ1) is 13.5. The van der Waals surface area contributed by atoms with Gasteiger partial charge in [0.2, 0.25) is 0 Å². The molecule has 2 aromatic rings. The molecule has 18 heavy (non-hydrogen) atoms. The summed E-state index contributed by atoms with van der Waals surface area (Å²) in [6, 6.07) is 8.66. The van der Waals surface area contributed by atoms with Crippen LogP contribution in [0.5, 0.6) is 0 Å². The van der Waals surface area contributed by atoms with Gasteiger partial charge < -0.3 is 0 Å². The second kappa shape index (κ2) is 5.39. The van der Waals surface area contributed by atoms with Gasteiger partial charge in [0.25, 0.3) is 0 Å². The van der Waals surface area contributed by atoms with E-state index in [1.165, 1.54) is 18.2 Å². The number of rotatable bonds is 2. The molecule has 5 heteroatoms. The van der Waals surface area contributed by atoms with Crippen LogP contribution in [0.15, 0.2) is 40.9 Å². The molecule has 2 aromatic carbocycles. The Morgan fingerprint density at radius 1 is 1.11 bits per heavy atom. The molecule has 0 atom stereocenters. The molecule has 0 heterocycles. The van der Waals surface area contributed by atoms with Crippen LogP contribution < -0.4 is 0 Å². The van der Waals surface area contributed by atoms with Crippen molar-refractivity contribution in [2.24, 2.45) is 0 Å². The minimum Gasteiger partial charge on any atom is -0.289 e. The van der Waals surface area contributed by atoms with E-state index in [0.717, 1.165) is 0 Å². The van der Waals surface area contributed by atoms with Gasteiger partial charge in [-0.1, -0.05) is 29.3 Å². The second-order valence-corrected chi connectivity index (χ2v) is 5.19. The highest BCUT2D eigenvalue weighted by molar-refractivity contribution is 9.10. The summed E-state index contributed by atoms with van der Waals surface area (Å²) < 4.78 is 13.3. The summed E-state index contributed by atoms with van der Waals surface area (Å²) in [5, 5.41) is 0.501. The molecule has 0 unspecified atom stereocenters. The lowest BCUT2D eigenvalue weighted by Gasteiger charge is -2.06. The highest BCUT2D eigenvalue weighted by Crippen LogP contribution is 2.29. The Balaban J connectivity index is 2.51. The lowest BCUT2D eigenvalue weighted by atomic mass is 10.0. The molecule has 0 aliphatic rings. The summed E-state index contributed by atoms with van der Waals surface area (Å²) in [4.78, 5) is 12.3. The third kappa shape index (κ3) is 2.58. The zero-order valence-corrected chi connectivity index (χ0v) is 12.0. The van der Waals surface area contributed by atoms with E-state index in [0.29, 0.717) is 15.1 Å². The van der Waals surface area contributed by atoms with Crippen LogP contribution in [-0.2, 0) is 0 Å². The average molecular weight is 348 g/mol. The van der Waals surface area contributed by atoms with Crippen LogP contribution >= 0.6 is 39.1 Å². The molecule has 0 aromatic heterocycles. The molecule has 1 nitrogen and oxygen atoms in total. The quantitative estimate of drug-likeness (QED) is 0.688. The molecule has 0 N–H and O–H groups in total. The monoisotopic (exact) mass is 346 g/mol. The van der Waals surface area contributed by atoms with E-state index >= 15 is 0 Å². The van der Waals surface area contributed by atoms with Crippen LogP contribution in [0.25, 0.3) is 0 Å². The van der Waals surface area contributed by atoms with Gasteiger partial charge in [0.1, 0.15) is 5.82 Å². The van der Waals surface area contributed by atoms with Gasteiger partial charge in [-0.25, -0.2) is 4.39 Å². The van der Waals surface area contributed by atoms with Crippen molar-refractivity contribution in [2.45, 2.75) is 0 Å². The number of benzene rings is 2. The Labute approximate surface area is 122 Å². The van der Waals surface area contributed by atoms with Gasteiger partial charge in [0.15, 0.2) is 5.78 Å². The Morgan fingerprint density at radius 2 is 1.83 bits per heavy atom. The predicted molar refractivity (Wildman–Crippen MR) is 74.0 cm³/mol. The fourth-order valence-electron chi connectivity index (χ4n) is 1.50. The Bertz CT molecular complexity index is 628. The zero-order chi connectivity index (χ0) is 13.3. The fourth-order valence-corrected chi connectivity index (χ4v) is 2.42. The van der Waals surface area contributed by atoms with Crippen molar-refractivity contribution in [1.82, 2.24) is 0 Å². The normalized spacial score (nSPS) is 10.4. The molecule has 0 radical (unpaired) electrons. The first-order chi connectivity index (χ1) is 8.50. The van der Waals surface area contributed by atoms with Crippen LogP contribution in [0.3, 0.4) is 0 Å². The summed E-state index contributed by atoms with van der Waals surface area (Å²) in [6.07, 6.45) is 0. The van der Waals surface area contributed by atoms with Gasteiger partial charge in [-0.15, -0.1) is 0 Å². The number of carbonyl (C=O) groups excluding carboxylic acids is 1. The smallest absolute Gasteiger partial charge is 0.195 e. The SMILES string of the molecule is O=C(c1ccc(F)cc1Br)c1cccc(Cl)c1Cl. The maximum absolute atomic E-state index is 13.0. The molecule has 2 rings (SSSR count). The van der Waals surface area contributed by atoms with Gasteiger partial charge in [0, 0.05) is 15.6 Å². The highest BCUT2D eigenvalue weighted by Gasteiger charge is 2.17. The minimum atomic E-state index is -0.421. The first-order valence-corrected chi connectivity index (χ1v) is 6.49. The lowest BCUT2D eigenvalue weighted by molar-refractivity contribution is 0.103. The van der Waals surface area contributed by atoms with Crippen molar-refractivity contribution in [2.75, 3.05) is 0 Å². The van der Waals surface area contributed by atoms with E-state index < -0.39 is 5.82 Å². The molecule has 0 aliphatic heterocycles. The molecule has 0 bridgehead atoms. The molecule has 0 spiro atoms. The van der Waals surface area contributed by atoms with Gasteiger partial charge >= 0.3 is 0 Å². The van der Waals surface area contributed by atoms with Crippen molar-refractivity contribution < 1.29 is 9.18 Å². The fraction of sp³-hybridized carbons (Fsp3) is 0. The third-order valence-corrected chi connectivity index (χ3v) is 3.85. The van der Waals surface area contributed by atoms with Crippen molar-refractivity contribution in [3.63, 3.8) is 0 Å². The van der Waals surface area contributed by atoms with Crippen LogP contribution in [0, 0.1) is 5.82 Å². The van der Waals surface area contributed by atoms with Gasteiger partial charge in [-0.3, -0.25) is 4.79 Å². The van der Waals surface area contributed by atoms with E-state index in [-0.39, 0.29) is 16.4 Å². The minimum absolute atomic E-state index is 0.195. The molecule has 0 saturated carbocycles. The topological polar surface area (TPSA) is 17.1 Å². The van der Waals surface area contributed by atoms with Crippen molar-refractivity contribution >= 4 is 44.9 Å². The maximum Gasteiger partial charge on any atom is 0.195 e. The molecular formula is C13H6BrCl2FO. The van der Waals surface area contributed by atoms with E-state index in [1.807, 2.05) is 0 Å². The number of hydrogen-bond acceptors (Lipinski definition) is 1. The number of halogens is 4. The van der Waals surface area contributed by atoms with Gasteiger partial charge in [0.05, 0.1) is 10.0 Å². The van der Waals surface area contributed by atoms with Crippen LogP contribution in [-0.4, -0.2) is 5.78 Å². The van der Waals surface area contributed by atoms with Gasteiger partial charge in [-0.2, -0.15) is 0 Å². The lowest BCUT2D eigenvalue weighted by Crippen LogP contribution is -2.03. The molecule has 0 aliphatic carbocycles. The van der Waals surface area contributed by atoms with E-state index in [1.54, 1.807) is 18.2 Å². The zero-order valence-electron chi connectivity index (χ0n) is 8.88. The van der Waals surface area contributed by atoms with Crippen molar-refractivity contribution in [3.8, 4) is 0 Å². The molecule has 0 fully saturated rings. The number of ketones is 1. The van der Waals surface area contributed by atoms with E-state index in [2.05, 4.69) is 15.9 Å². The Morgan fingerprint density at radius 3 is 2.50 bits per heavy atom. The first-order valence-electron chi connectivity index (χ1n) is 4.94. The van der Waals surface area contributed by atoms with Crippen molar-refractivity contribution in [3.05, 3.63) is 67.9 Å². The third-order valence-electron chi connectivity index (χ3n) is 2.37. The molecule has 0 saturated heterocycles. The summed E-state index contributed by atoms with van der Waals surface area (Å²) in [7, 11) is 0. The molecular weight excluding hydrogens is 342 g/mol. The van der Waals surface area contributed by atoms with Crippen molar-refractivity contribution in [1.29, 1.82) is 0 Å². The summed E-state index contributed by atoms with van der Waals surface area (Å²) >= 11 is 15.0. The standard InChI is InChI=1S/C13H6BrCl2FO/c14-10-6-7(17)4-5-8(10)13(18)9-2-1-3-11(15)12(9)16/h1-6H. The van der Waals surface area contributed by atoms with Gasteiger partial charge in [-0.05, 0) is 46.3 Å². The van der Waals surface area contributed by atoms with E-state index in [4.69, 9.17) is 23.2 Å². The van der Waals surface area contributed by atoms with E-state index in [9.17, 15) is 9.18 Å². The number of carbonyl (C=O) groups is 1. The largest absolute Gasteiger partial charge is 0.289 e. The Kier molecular flexibility index (Phi) is 4.05. The average Bonchev–Trinajstić information content (AvgIpc) is 2.32. The predicted octanol–water partition coefficient (Wildman–Crippen LogP) is 5.13. The van der Waals surface area contributed by atoms with Crippen LogP contribution in [0.1, 0.15) is 15.9 Å². The summed E-state index contributed by atoms with van der Waals surface area (Å²) in [6.45, 7) is 0. The maximum atomic E-state index is 13.0.